The number of amides is 1. The van der Waals surface area contributed by atoms with Crippen LogP contribution in [0, 0.1) is 0 Å². The van der Waals surface area contributed by atoms with Crippen LogP contribution in [0.1, 0.15) is 20.8 Å². The van der Waals surface area contributed by atoms with Gasteiger partial charge in [0.2, 0.25) is 5.91 Å². The van der Waals surface area contributed by atoms with Crippen LogP contribution in [-0.2, 0) is 47.4 Å². The van der Waals surface area contributed by atoms with Crippen molar-refractivity contribution in [2.45, 2.75) is 174 Å². The van der Waals surface area contributed by atoms with Crippen molar-refractivity contribution < 1.29 is 119 Å². The van der Waals surface area contributed by atoms with Crippen molar-refractivity contribution in [2.24, 2.45) is 0 Å². The standard InChI is InChI=1S/C32H55NO24/c1-7-14(38)18(42)20(44)30(49-7)54-24-11(5-35)53-29(13(17(24)41)33-9(3)37)56-26-16(40)10(4-34)52-32(23(26)47)55-25-12(6-36)51-28(48)22(46)27(25)57-31-21(45)19(43)15(39)8(2)50-31/h7-8,10-32,34-36,38-48H,4-6H2,1-3H3,(H,33,37)/t7-,8-,10+,11+,12+,13+,14+,15+,16-,17+,18+,19+,20-,21-,22+,23+,24+,25+,26-,27+,28-,29-,30-,31-,32-/m0/s1. The summed E-state index contributed by atoms with van der Waals surface area (Å²) in [7, 11) is 0. The van der Waals surface area contributed by atoms with E-state index in [4.69, 9.17) is 42.6 Å². The lowest BCUT2D eigenvalue weighted by molar-refractivity contribution is -0.392. The minimum atomic E-state index is -2.11. The van der Waals surface area contributed by atoms with Gasteiger partial charge in [-0.3, -0.25) is 4.79 Å². The van der Waals surface area contributed by atoms with Crippen LogP contribution in [-0.4, -0.2) is 251 Å². The second-order valence-corrected chi connectivity index (χ2v) is 14.7. The summed E-state index contributed by atoms with van der Waals surface area (Å²) in [6.45, 7) is 1.00. The van der Waals surface area contributed by atoms with Crippen molar-refractivity contribution in [1.29, 1.82) is 0 Å². The molecule has 5 heterocycles. The molecule has 5 fully saturated rings. The van der Waals surface area contributed by atoms with E-state index in [0.717, 1.165) is 6.92 Å². The highest BCUT2D eigenvalue weighted by molar-refractivity contribution is 5.73. The van der Waals surface area contributed by atoms with E-state index in [1.165, 1.54) is 13.8 Å². The Kier molecular flexibility index (Phi) is 16.0. The molecule has 0 aromatic heterocycles. The van der Waals surface area contributed by atoms with Gasteiger partial charge in [0, 0.05) is 6.92 Å². The maximum Gasteiger partial charge on any atom is 0.217 e. The summed E-state index contributed by atoms with van der Waals surface area (Å²) in [5, 5.41) is 150. The van der Waals surface area contributed by atoms with Gasteiger partial charge in [-0.05, 0) is 13.8 Å². The van der Waals surface area contributed by atoms with Crippen LogP contribution >= 0.6 is 0 Å². The molecule has 5 rings (SSSR count). The largest absolute Gasteiger partial charge is 0.394 e. The molecule has 5 aliphatic heterocycles. The Morgan fingerprint density at radius 3 is 1.40 bits per heavy atom. The van der Waals surface area contributed by atoms with E-state index in [0.29, 0.717) is 0 Å². The summed E-state index contributed by atoms with van der Waals surface area (Å²) in [6.07, 6.45) is -41.5. The molecule has 57 heavy (non-hydrogen) atoms. The maximum absolute atomic E-state index is 12.3. The molecule has 0 aromatic rings. The first kappa shape index (κ1) is 46.6. The van der Waals surface area contributed by atoms with E-state index in [1.807, 2.05) is 0 Å². The lowest BCUT2D eigenvalue weighted by Gasteiger charge is -2.50. The van der Waals surface area contributed by atoms with Crippen molar-refractivity contribution in [3.05, 3.63) is 0 Å². The van der Waals surface area contributed by atoms with Crippen LogP contribution in [0.15, 0.2) is 0 Å². The first-order chi connectivity index (χ1) is 26.8. The van der Waals surface area contributed by atoms with E-state index in [9.17, 15) is 76.3 Å². The molecular formula is C32H55NO24. The number of hydrogen-bond donors (Lipinski definition) is 15. The molecule has 5 saturated heterocycles. The lowest BCUT2D eigenvalue weighted by Crippen LogP contribution is -2.70. The number of rotatable bonds is 12. The molecule has 5 aliphatic rings. The molecule has 15 N–H and O–H groups in total. The van der Waals surface area contributed by atoms with E-state index in [-0.39, 0.29) is 0 Å². The Morgan fingerprint density at radius 1 is 0.456 bits per heavy atom. The average molecular weight is 838 g/mol. The zero-order valence-electron chi connectivity index (χ0n) is 30.9. The van der Waals surface area contributed by atoms with Crippen molar-refractivity contribution in [3.8, 4) is 0 Å². The molecule has 0 aliphatic carbocycles. The smallest absolute Gasteiger partial charge is 0.217 e. The van der Waals surface area contributed by atoms with E-state index < -0.39 is 179 Å². The van der Waals surface area contributed by atoms with Crippen LogP contribution < -0.4 is 5.32 Å². The van der Waals surface area contributed by atoms with Gasteiger partial charge in [-0.2, -0.15) is 0 Å². The second-order valence-electron chi connectivity index (χ2n) is 14.7. The third kappa shape index (κ3) is 9.71. The topological polar surface area (TPSA) is 395 Å². The molecule has 0 aromatic carbocycles. The van der Waals surface area contributed by atoms with Gasteiger partial charge in [0.15, 0.2) is 31.5 Å². The normalized spacial score (nSPS) is 52.3. The molecule has 1 amide bonds. The monoisotopic (exact) mass is 837 g/mol. The van der Waals surface area contributed by atoms with Crippen molar-refractivity contribution in [2.75, 3.05) is 19.8 Å². The molecule has 0 bridgehead atoms. The van der Waals surface area contributed by atoms with Crippen LogP contribution in [0.25, 0.3) is 0 Å². The van der Waals surface area contributed by atoms with Gasteiger partial charge >= 0.3 is 0 Å². The summed E-state index contributed by atoms with van der Waals surface area (Å²) in [4.78, 5) is 12.3. The summed E-state index contributed by atoms with van der Waals surface area (Å²) in [5.41, 5.74) is 0. The molecular weight excluding hydrogens is 782 g/mol. The van der Waals surface area contributed by atoms with Crippen molar-refractivity contribution >= 4 is 5.91 Å². The number of carbonyl (C=O) groups is 1. The Balaban J connectivity index is 1.38. The zero-order chi connectivity index (χ0) is 42.2. The summed E-state index contributed by atoms with van der Waals surface area (Å²) < 4.78 is 50.9. The summed E-state index contributed by atoms with van der Waals surface area (Å²) in [6, 6.07) is -1.63. The summed E-state index contributed by atoms with van der Waals surface area (Å²) >= 11 is 0. The van der Waals surface area contributed by atoms with Gasteiger partial charge < -0.3 is 119 Å². The molecule has 25 nitrogen and oxygen atoms in total. The number of carbonyl (C=O) groups excluding carboxylic acids is 1. The molecule has 0 saturated carbocycles. The first-order valence-electron chi connectivity index (χ1n) is 18.3. The Hall–Kier alpha value is -1.45. The predicted molar refractivity (Wildman–Crippen MR) is 175 cm³/mol. The zero-order valence-corrected chi connectivity index (χ0v) is 30.9. The fraction of sp³-hybridized carbons (Fsp3) is 0.969. The summed E-state index contributed by atoms with van der Waals surface area (Å²) in [5.74, 6) is -0.760. The highest BCUT2D eigenvalue weighted by Gasteiger charge is 2.56. The van der Waals surface area contributed by atoms with Crippen LogP contribution in [0.5, 0.6) is 0 Å². The van der Waals surface area contributed by atoms with E-state index in [1.54, 1.807) is 0 Å². The second kappa shape index (κ2) is 19.5. The molecule has 0 unspecified atom stereocenters. The Labute approximate surface area is 324 Å². The van der Waals surface area contributed by atoms with Gasteiger partial charge in [0.25, 0.3) is 0 Å². The molecule has 0 radical (unpaired) electrons. The van der Waals surface area contributed by atoms with Crippen LogP contribution in [0.4, 0.5) is 0 Å². The van der Waals surface area contributed by atoms with Crippen molar-refractivity contribution in [3.63, 3.8) is 0 Å². The minimum Gasteiger partial charge on any atom is -0.394 e. The number of ether oxygens (including phenoxy) is 9. The lowest BCUT2D eigenvalue weighted by atomic mass is 9.94. The number of nitrogens with one attached hydrogen (secondary N) is 1. The Bertz CT molecular complexity index is 1290. The molecule has 25 atom stereocenters. The van der Waals surface area contributed by atoms with Crippen LogP contribution in [0.2, 0.25) is 0 Å². The minimum absolute atomic E-state index is 0.760. The molecule has 25 heteroatoms. The fourth-order valence-electron chi connectivity index (χ4n) is 7.31. The Morgan fingerprint density at radius 2 is 0.895 bits per heavy atom. The van der Waals surface area contributed by atoms with Gasteiger partial charge in [-0.1, -0.05) is 0 Å². The molecule has 332 valence electrons. The highest BCUT2D eigenvalue weighted by Crippen LogP contribution is 2.36. The third-order valence-corrected chi connectivity index (χ3v) is 10.6. The average Bonchev–Trinajstić information content (AvgIpc) is 3.17. The highest BCUT2D eigenvalue weighted by atomic mass is 16.8. The van der Waals surface area contributed by atoms with Gasteiger partial charge in [-0.15, -0.1) is 0 Å². The number of aliphatic hydroxyl groups is 14. The predicted octanol–water partition coefficient (Wildman–Crippen LogP) is -9.73. The first-order valence-corrected chi connectivity index (χ1v) is 18.3. The van der Waals surface area contributed by atoms with Gasteiger partial charge in [-0.25, -0.2) is 0 Å². The van der Waals surface area contributed by atoms with Gasteiger partial charge in [0.05, 0.1) is 32.0 Å². The van der Waals surface area contributed by atoms with Crippen LogP contribution in [0.3, 0.4) is 0 Å². The van der Waals surface area contributed by atoms with E-state index >= 15 is 0 Å². The maximum atomic E-state index is 12.3. The van der Waals surface area contributed by atoms with E-state index in [2.05, 4.69) is 5.32 Å². The van der Waals surface area contributed by atoms with Crippen molar-refractivity contribution in [1.82, 2.24) is 5.32 Å². The fourth-order valence-corrected chi connectivity index (χ4v) is 7.31. The third-order valence-electron chi connectivity index (χ3n) is 10.6. The SMILES string of the molecule is CC(=O)N[C@H]1[C@H](O[C@H]2[C@@H](O)[C@@H](CO)O[C@@H](O[C@H]3[C@H](O[C@@H]4O[C@@H](C)[C@@H](O)[C@@H](O)[C@@H]4O)[C@@H](O)[C@@H](O)O[C@@H]3CO)[C@@H]2O)O[C@H](CO)[C@@H](O[C@@H]2O[C@@H](C)[C@@H](O)[C@@H](O)[C@@H]2O)[C@@H]1O. The number of aliphatic hydroxyl groups excluding tert-OH is 14. The quantitative estimate of drug-likeness (QED) is 0.0867. The molecule has 0 spiro atoms. The number of hydrogen-bond acceptors (Lipinski definition) is 24. The van der Waals surface area contributed by atoms with Gasteiger partial charge in [0.1, 0.15) is 110 Å².